The van der Waals surface area contributed by atoms with Crippen LogP contribution in [0.2, 0.25) is 0 Å². The summed E-state index contributed by atoms with van der Waals surface area (Å²) >= 11 is 1.70. The quantitative estimate of drug-likeness (QED) is 0.792. The average Bonchev–Trinajstić information content (AvgIpc) is 2.29. The van der Waals surface area contributed by atoms with Gasteiger partial charge in [-0.2, -0.15) is 24.9 Å². The standard InChI is InChI=1S/C12H16F3NS2/c1-9(17-2)7-16-8-10-3-5-11(6-4-10)18-12(13,14)15/h3-6,9,16H,7-8H2,1-2H3. The van der Waals surface area contributed by atoms with Gasteiger partial charge in [-0.05, 0) is 35.7 Å². The third-order valence-corrected chi connectivity index (χ3v) is 4.03. The molecule has 0 saturated carbocycles. The SMILES string of the molecule is CSC(C)CNCc1ccc(SC(F)(F)F)cc1. The van der Waals surface area contributed by atoms with E-state index in [1.54, 1.807) is 23.9 Å². The Bertz CT molecular complexity index is 351. The lowest BCUT2D eigenvalue weighted by Crippen LogP contribution is -2.21. The van der Waals surface area contributed by atoms with Gasteiger partial charge in [-0.1, -0.05) is 19.1 Å². The Balaban J connectivity index is 2.41. The van der Waals surface area contributed by atoms with E-state index in [9.17, 15) is 13.2 Å². The molecule has 0 fully saturated rings. The highest BCUT2D eigenvalue weighted by Gasteiger charge is 2.28. The van der Waals surface area contributed by atoms with Gasteiger partial charge in [0.2, 0.25) is 0 Å². The monoisotopic (exact) mass is 295 g/mol. The molecule has 0 radical (unpaired) electrons. The molecule has 0 saturated heterocycles. The molecule has 0 bridgehead atoms. The van der Waals surface area contributed by atoms with Crippen molar-refractivity contribution >= 4 is 23.5 Å². The minimum atomic E-state index is -4.21. The lowest BCUT2D eigenvalue weighted by atomic mass is 10.2. The normalized spacial score (nSPS) is 13.6. The van der Waals surface area contributed by atoms with Crippen molar-refractivity contribution in [2.75, 3.05) is 12.8 Å². The summed E-state index contributed by atoms with van der Waals surface area (Å²) in [6, 6.07) is 6.47. The first-order chi connectivity index (χ1) is 8.40. The van der Waals surface area contributed by atoms with Gasteiger partial charge in [0.15, 0.2) is 0 Å². The van der Waals surface area contributed by atoms with Crippen molar-refractivity contribution in [2.24, 2.45) is 0 Å². The third-order valence-electron chi connectivity index (χ3n) is 2.32. The molecule has 0 aromatic heterocycles. The van der Waals surface area contributed by atoms with Crippen LogP contribution in [0.3, 0.4) is 0 Å². The number of halogens is 3. The molecule has 1 aromatic carbocycles. The van der Waals surface area contributed by atoms with Crippen LogP contribution in [-0.2, 0) is 6.54 Å². The van der Waals surface area contributed by atoms with E-state index in [4.69, 9.17) is 0 Å². The molecule has 1 N–H and O–H groups in total. The summed E-state index contributed by atoms with van der Waals surface area (Å²) in [4.78, 5) is 0.226. The molecule has 1 rings (SSSR count). The first kappa shape index (κ1) is 15.7. The summed E-state index contributed by atoms with van der Waals surface area (Å²) in [6.07, 6.45) is 2.05. The summed E-state index contributed by atoms with van der Waals surface area (Å²) in [6.45, 7) is 3.70. The predicted octanol–water partition coefficient (Wildman–Crippen LogP) is 4.14. The van der Waals surface area contributed by atoms with Gasteiger partial charge in [0.1, 0.15) is 0 Å². The first-order valence-electron chi connectivity index (χ1n) is 5.49. The highest BCUT2D eigenvalue weighted by atomic mass is 32.2. The molecule has 1 atom stereocenters. The number of alkyl halides is 3. The second kappa shape index (κ2) is 7.31. The number of hydrogen-bond acceptors (Lipinski definition) is 3. The van der Waals surface area contributed by atoms with Crippen molar-refractivity contribution in [2.45, 2.75) is 29.1 Å². The summed E-state index contributed by atoms with van der Waals surface area (Å²) in [5, 5.41) is 3.80. The number of thioether (sulfide) groups is 2. The fourth-order valence-corrected chi connectivity index (χ4v) is 2.14. The van der Waals surface area contributed by atoms with E-state index in [1.165, 1.54) is 12.1 Å². The Morgan fingerprint density at radius 2 is 1.83 bits per heavy atom. The number of rotatable bonds is 6. The van der Waals surface area contributed by atoms with Crippen LogP contribution in [0.5, 0.6) is 0 Å². The van der Waals surface area contributed by atoms with Gasteiger partial charge in [0.25, 0.3) is 0 Å². The van der Waals surface area contributed by atoms with Gasteiger partial charge in [-0.3, -0.25) is 0 Å². The zero-order valence-electron chi connectivity index (χ0n) is 10.3. The van der Waals surface area contributed by atoms with Crippen molar-refractivity contribution in [1.82, 2.24) is 5.32 Å². The van der Waals surface area contributed by atoms with Crippen molar-refractivity contribution in [3.05, 3.63) is 29.8 Å². The second-order valence-corrected chi connectivity index (χ2v) is 6.28. The highest BCUT2D eigenvalue weighted by Crippen LogP contribution is 2.36. The van der Waals surface area contributed by atoms with Crippen LogP contribution in [0, 0.1) is 0 Å². The van der Waals surface area contributed by atoms with E-state index in [-0.39, 0.29) is 16.7 Å². The molecule has 0 amide bonds. The van der Waals surface area contributed by atoms with Gasteiger partial charge < -0.3 is 5.32 Å². The molecule has 0 heterocycles. The molecule has 0 aliphatic heterocycles. The minimum Gasteiger partial charge on any atom is -0.312 e. The maximum Gasteiger partial charge on any atom is 0.446 e. The predicted molar refractivity (Wildman–Crippen MR) is 73.0 cm³/mol. The fourth-order valence-electron chi connectivity index (χ4n) is 1.31. The summed E-state index contributed by atoms with van der Waals surface area (Å²) < 4.78 is 36.4. The molecule has 1 nitrogen and oxygen atoms in total. The topological polar surface area (TPSA) is 12.0 Å². The number of benzene rings is 1. The molecular formula is C12H16F3NS2. The number of nitrogens with one attached hydrogen (secondary N) is 1. The summed E-state index contributed by atoms with van der Waals surface area (Å²) in [5.74, 6) is 0. The van der Waals surface area contributed by atoms with Crippen LogP contribution in [0.1, 0.15) is 12.5 Å². The lowest BCUT2D eigenvalue weighted by Gasteiger charge is -2.10. The maximum absolute atomic E-state index is 12.1. The Morgan fingerprint density at radius 3 is 2.33 bits per heavy atom. The Hall–Kier alpha value is -0.330. The molecule has 18 heavy (non-hydrogen) atoms. The van der Waals surface area contributed by atoms with Gasteiger partial charge in [-0.15, -0.1) is 0 Å². The van der Waals surface area contributed by atoms with E-state index in [0.717, 1.165) is 12.1 Å². The van der Waals surface area contributed by atoms with Crippen molar-refractivity contribution in [3.63, 3.8) is 0 Å². The van der Waals surface area contributed by atoms with Crippen molar-refractivity contribution < 1.29 is 13.2 Å². The average molecular weight is 295 g/mol. The fraction of sp³-hybridized carbons (Fsp3) is 0.500. The molecule has 102 valence electrons. The van der Waals surface area contributed by atoms with Crippen molar-refractivity contribution in [1.29, 1.82) is 0 Å². The van der Waals surface area contributed by atoms with E-state index in [1.807, 2.05) is 0 Å². The van der Waals surface area contributed by atoms with Crippen LogP contribution >= 0.6 is 23.5 Å². The van der Waals surface area contributed by atoms with Gasteiger partial charge in [0, 0.05) is 23.2 Å². The molecule has 0 spiro atoms. The third kappa shape index (κ3) is 6.56. The molecule has 6 heteroatoms. The van der Waals surface area contributed by atoms with Crippen LogP contribution < -0.4 is 5.32 Å². The molecule has 0 aliphatic rings. The molecular weight excluding hydrogens is 279 g/mol. The Morgan fingerprint density at radius 1 is 1.22 bits per heavy atom. The maximum atomic E-state index is 12.1. The van der Waals surface area contributed by atoms with E-state index >= 15 is 0 Å². The van der Waals surface area contributed by atoms with Crippen molar-refractivity contribution in [3.8, 4) is 0 Å². The smallest absolute Gasteiger partial charge is 0.312 e. The zero-order chi connectivity index (χ0) is 13.6. The molecule has 1 aromatic rings. The van der Waals surface area contributed by atoms with E-state index in [0.29, 0.717) is 11.8 Å². The lowest BCUT2D eigenvalue weighted by molar-refractivity contribution is -0.0328. The van der Waals surface area contributed by atoms with Crippen LogP contribution in [-0.4, -0.2) is 23.6 Å². The van der Waals surface area contributed by atoms with E-state index < -0.39 is 5.51 Å². The van der Waals surface area contributed by atoms with Crippen LogP contribution in [0.25, 0.3) is 0 Å². The zero-order valence-corrected chi connectivity index (χ0v) is 11.9. The van der Waals surface area contributed by atoms with Gasteiger partial charge in [-0.25, -0.2) is 0 Å². The number of hydrogen-bond donors (Lipinski definition) is 1. The first-order valence-corrected chi connectivity index (χ1v) is 7.59. The van der Waals surface area contributed by atoms with Gasteiger partial charge in [0.05, 0.1) is 0 Å². The summed E-state index contributed by atoms with van der Waals surface area (Å²) in [5.41, 5.74) is -3.22. The summed E-state index contributed by atoms with van der Waals surface area (Å²) in [7, 11) is 0. The van der Waals surface area contributed by atoms with E-state index in [2.05, 4.69) is 18.5 Å². The van der Waals surface area contributed by atoms with Crippen LogP contribution in [0.15, 0.2) is 29.2 Å². The Kier molecular flexibility index (Phi) is 6.38. The minimum absolute atomic E-state index is 0.0819. The molecule has 0 aliphatic carbocycles. The van der Waals surface area contributed by atoms with Crippen LogP contribution in [0.4, 0.5) is 13.2 Å². The second-order valence-electron chi connectivity index (χ2n) is 3.87. The largest absolute Gasteiger partial charge is 0.446 e. The molecule has 1 unspecified atom stereocenters. The highest BCUT2D eigenvalue weighted by molar-refractivity contribution is 8.00. The van der Waals surface area contributed by atoms with Gasteiger partial charge >= 0.3 is 5.51 Å². The Labute approximate surface area is 114 Å².